The van der Waals surface area contributed by atoms with Gasteiger partial charge in [-0.05, 0) is 40.0 Å². The van der Waals surface area contributed by atoms with E-state index in [0.717, 1.165) is 18.9 Å². The van der Waals surface area contributed by atoms with Crippen molar-refractivity contribution in [1.82, 2.24) is 15.3 Å². The third-order valence-corrected chi connectivity index (χ3v) is 3.34. The molecule has 4 nitrogen and oxygen atoms in total. The Kier molecular flexibility index (Phi) is 4.17. The number of hydrogen-bond donors (Lipinski definition) is 1. The number of piperidine rings is 1. The Labute approximate surface area is 110 Å². The van der Waals surface area contributed by atoms with Crippen LogP contribution in [0.1, 0.15) is 40.0 Å². The van der Waals surface area contributed by atoms with E-state index < -0.39 is 0 Å². The molecule has 0 aliphatic carbocycles. The van der Waals surface area contributed by atoms with Gasteiger partial charge in [0, 0.05) is 37.1 Å². The van der Waals surface area contributed by atoms with E-state index in [4.69, 9.17) is 0 Å². The summed E-state index contributed by atoms with van der Waals surface area (Å²) in [6.45, 7) is 8.74. The standard InChI is InChI=1S/C14H24N4/c1-14(2,3)17-10-12-6-4-5-9-18(12)13-11-15-7-8-16-13/h7-8,11-12,17H,4-6,9-10H2,1-3H3. The van der Waals surface area contributed by atoms with Crippen LogP contribution in [0.5, 0.6) is 0 Å². The molecule has 2 heterocycles. The summed E-state index contributed by atoms with van der Waals surface area (Å²) in [5.41, 5.74) is 0.172. The molecule has 2 rings (SSSR count). The van der Waals surface area contributed by atoms with Gasteiger partial charge >= 0.3 is 0 Å². The van der Waals surface area contributed by atoms with Gasteiger partial charge in [-0.1, -0.05) is 0 Å². The summed E-state index contributed by atoms with van der Waals surface area (Å²) in [5.74, 6) is 1.01. The van der Waals surface area contributed by atoms with Crippen LogP contribution in [-0.4, -0.2) is 34.6 Å². The molecule has 1 aromatic heterocycles. The van der Waals surface area contributed by atoms with E-state index in [2.05, 4.69) is 41.0 Å². The lowest BCUT2D eigenvalue weighted by molar-refractivity contribution is 0.365. The Morgan fingerprint density at radius 1 is 1.33 bits per heavy atom. The SMILES string of the molecule is CC(C)(C)NCC1CCCCN1c1cnccn1. The normalized spacial score (nSPS) is 21.1. The molecule has 4 heteroatoms. The van der Waals surface area contributed by atoms with Crippen molar-refractivity contribution in [3.05, 3.63) is 18.6 Å². The van der Waals surface area contributed by atoms with Gasteiger partial charge in [0.05, 0.1) is 6.20 Å². The molecule has 1 unspecified atom stereocenters. The summed E-state index contributed by atoms with van der Waals surface area (Å²) in [6.07, 6.45) is 9.18. The predicted octanol–water partition coefficient (Wildman–Crippen LogP) is 2.22. The minimum absolute atomic E-state index is 0.172. The van der Waals surface area contributed by atoms with Crippen molar-refractivity contribution in [2.24, 2.45) is 0 Å². The highest BCUT2D eigenvalue weighted by Gasteiger charge is 2.24. The number of hydrogen-bond acceptors (Lipinski definition) is 4. The Balaban J connectivity index is 2.02. The maximum absolute atomic E-state index is 4.43. The van der Waals surface area contributed by atoms with E-state index in [1.165, 1.54) is 19.3 Å². The Morgan fingerprint density at radius 3 is 2.83 bits per heavy atom. The van der Waals surface area contributed by atoms with Gasteiger partial charge in [-0.25, -0.2) is 4.98 Å². The van der Waals surface area contributed by atoms with Crippen LogP contribution < -0.4 is 10.2 Å². The van der Waals surface area contributed by atoms with Crippen molar-refractivity contribution in [2.45, 2.75) is 51.6 Å². The number of aromatic nitrogens is 2. The lowest BCUT2D eigenvalue weighted by Crippen LogP contribution is -2.50. The smallest absolute Gasteiger partial charge is 0.147 e. The lowest BCUT2D eigenvalue weighted by atomic mass is 10.0. The highest BCUT2D eigenvalue weighted by atomic mass is 15.2. The van der Waals surface area contributed by atoms with Crippen molar-refractivity contribution in [3.8, 4) is 0 Å². The van der Waals surface area contributed by atoms with Crippen molar-refractivity contribution in [3.63, 3.8) is 0 Å². The van der Waals surface area contributed by atoms with Crippen LogP contribution in [0.4, 0.5) is 5.82 Å². The van der Waals surface area contributed by atoms with Gasteiger partial charge in [0.1, 0.15) is 5.82 Å². The molecule has 0 bridgehead atoms. The van der Waals surface area contributed by atoms with Crippen LogP contribution in [-0.2, 0) is 0 Å². The van der Waals surface area contributed by atoms with Crippen LogP contribution >= 0.6 is 0 Å². The lowest BCUT2D eigenvalue weighted by Gasteiger charge is -2.38. The first-order chi connectivity index (χ1) is 8.56. The van der Waals surface area contributed by atoms with Crippen LogP contribution in [0.25, 0.3) is 0 Å². The maximum Gasteiger partial charge on any atom is 0.147 e. The molecule has 1 atom stereocenters. The zero-order chi connectivity index (χ0) is 13.0. The summed E-state index contributed by atoms with van der Waals surface area (Å²) < 4.78 is 0. The highest BCUT2D eigenvalue weighted by molar-refractivity contribution is 5.37. The molecular weight excluding hydrogens is 224 g/mol. The number of anilines is 1. The van der Waals surface area contributed by atoms with E-state index >= 15 is 0 Å². The van der Waals surface area contributed by atoms with E-state index in [0.29, 0.717) is 6.04 Å². The van der Waals surface area contributed by atoms with Crippen LogP contribution in [0.2, 0.25) is 0 Å². The second-order valence-electron chi connectivity index (χ2n) is 6.04. The molecule has 1 saturated heterocycles. The molecule has 0 aromatic carbocycles. The molecule has 0 spiro atoms. The topological polar surface area (TPSA) is 41.0 Å². The highest BCUT2D eigenvalue weighted by Crippen LogP contribution is 2.22. The first-order valence-corrected chi connectivity index (χ1v) is 6.84. The van der Waals surface area contributed by atoms with Crippen LogP contribution in [0.15, 0.2) is 18.6 Å². The Bertz CT molecular complexity index is 358. The third kappa shape index (κ3) is 3.67. The van der Waals surface area contributed by atoms with Gasteiger partial charge in [-0.2, -0.15) is 0 Å². The summed E-state index contributed by atoms with van der Waals surface area (Å²) >= 11 is 0. The Hall–Kier alpha value is -1.16. The van der Waals surface area contributed by atoms with Gasteiger partial charge < -0.3 is 10.2 Å². The van der Waals surface area contributed by atoms with Crippen molar-refractivity contribution < 1.29 is 0 Å². The monoisotopic (exact) mass is 248 g/mol. The van der Waals surface area contributed by atoms with E-state index in [1.807, 2.05) is 6.20 Å². The van der Waals surface area contributed by atoms with Gasteiger partial charge in [0.2, 0.25) is 0 Å². The second kappa shape index (κ2) is 5.65. The number of nitrogens with zero attached hydrogens (tertiary/aromatic N) is 3. The fourth-order valence-corrected chi connectivity index (χ4v) is 2.38. The van der Waals surface area contributed by atoms with E-state index in [9.17, 15) is 0 Å². The average Bonchev–Trinajstić information content (AvgIpc) is 2.37. The molecule has 0 amide bonds. The van der Waals surface area contributed by atoms with Crippen molar-refractivity contribution in [2.75, 3.05) is 18.0 Å². The van der Waals surface area contributed by atoms with Gasteiger partial charge in [0.15, 0.2) is 0 Å². The van der Waals surface area contributed by atoms with Gasteiger partial charge in [0.25, 0.3) is 0 Å². The molecule has 1 aliphatic rings. The fraction of sp³-hybridized carbons (Fsp3) is 0.714. The maximum atomic E-state index is 4.43. The summed E-state index contributed by atoms with van der Waals surface area (Å²) in [5, 5.41) is 3.60. The van der Waals surface area contributed by atoms with Crippen molar-refractivity contribution in [1.29, 1.82) is 0 Å². The third-order valence-electron chi connectivity index (χ3n) is 3.34. The van der Waals surface area contributed by atoms with Crippen LogP contribution in [0.3, 0.4) is 0 Å². The number of rotatable bonds is 3. The average molecular weight is 248 g/mol. The molecule has 1 aliphatic heterocycles. The fourth-order valence-electron chi connectivity index (χ4n) is 2.38. The molecular formula is C14H24N4. The van der Waals surface area contributed by atoms with E-state index in [1.54, 1.807) is 12.4 Å². The first-order valence-electron chi connectivity index (χ1n) is 6.84. The van der Waals surface area contributed by atoms with E-state index in [-0.39, 0.29) is 5.54 Å². The van der Waals surface area contributed by atoms with Crippen molar-refractivity contribution >= 4 is 5.82 Å². The molecule has 18 heavy (non-hydrogen) atoms. The molecule has 0 saturated carbocycles. The zero-order valence-corrected chi connectivity index (χ0v) is 11.7. The minimum Gasteiger partial charge on any atom is -0.351 e. The number of nitrogens with one attached hydrogen (secondary N) is 1. The first kappa shape index (κ1) is 13.3. The molecule has 0 radical (unpaired) electrons. The summed E-state index contributed by atoms with van der Waals surface area (Å²) in [6, 6.07) is 0.537. The van der Waals surface area contributed by atoms with Crippen LogP contribution in [0, 0.1) is 0 Å². The summed E-state index contributed by atoms with van der Waals surface area (Å²) in [4.78, 5) is 11.0. The summed E-state index contributed by atoms with van der Waals surface area (Å²) in [7, 11) is 0. The molecule has 1 aromatic rings. The molecule has 1 fully saturated rings. The molecule has 100 valence electrons. The largest absolute Gasteiger partial charge is 0.351 e. The predicted molar refractivity (Wildman–Crippen MR) is 74.8 cm³/mol. The minimum atomic E-state index is 0.172. The Morgan fingerprint density at radius 2 is 2.17 bits per heavy atom. The van der Waals surface area contributed by atoms with Gasteiger partial charge in [-0.3, -0.25) is 4.98 Å². The second-order valence-corrected chi connectivity index (χ2v) is 6.04. The zero-order valence-electron chi connectivity index (χ0n) is 11.7. The molecule has 1 N–H and O–H groups in total. The quantitative estimate of drug-likeness (QED) is 0.890. The van der Waals surface area contributed by atoms with Gasteiger partial charge in [-0.15, -0.1) is 0 Å².